The number of rotatable bonds is 5. The van der Waals surface area contributed by atoms with Gasteiger partial charge in [-0.05, 0) is 36.6 Å². The van der Waals surface area contributed by atoms with Crippen molar-refractivity contribution in [2.45, 2.75) is 17.3 Å². The summed E-state index contributed by atoms with van der Waals surface area (Å²) in [5, 5.41) is 16.5. The molecule has 156 valence electrons. The lowest BCUT2D eigenvalue weighted by atomic mass is 10.2. The number of nitrogens with zero attached hydrogens (tertiary/aromatic N) is 3. The van der Waals surface area contributed by atoms with Gasteiger partial charge in [0.05, 0.1) is 21.2 Å². The summed E-state index contributed by atoms with van der Waals surface area (Å²) >= 11 is 10.2. The first-order valence-electron chi connectivity index (χ1n) is 9.08. The number of hydrogen-bond donors (Lipinski definition) is 1. The number of aromatic nitrogens is 2. The maximum absolute atomic E-state index is 13.0. The summed E-state index contributed by atoms with van der Waals surface area (Å²) in [6.45, 7) is 1.74. The Morgan fingerprint density at radius 1 is 1.35 bits per heavy atom. The molecule has 31 heavy (non-hydrogen) atoms. The highest BCUT2D eigenvalue weighted by Crippen LogP contribution is 2.35. The number of fused-ring (bicyclic) bond motifs is 1. The molecule has 0 saturated heterocycles. The molecule has 0 saturated carbocycles. The van der Waals surface area contributed by atoms with Gasteiger partial charge >= 0.3 is 0 Å². The predicted molar refractivity (Wildman–Crippen MR) is 128 cm³/mol. The molecule has 10 heteroatoms. The summed E-state index contributed by atoms with van der Waals surface area (Å²) in [5.74, 6) is -0.259. The minimum Gasteiger partial charge on any atom is -0.325 e. The van der Waals surface area contributed by atoms with Crippen LogP contribution in [0.15, 0.2) is 51.0 Å². The summed E-state index contributed by atoms with van der Waals surface area (Å²) in [6, 6.07) is 10.6. The van der Waals surface area contributed by atoms with Crippen molar-refractivity contribution >= 4 is 67.8 Å². The second-order valence-corrected chi connectivity index (χ2v) is 10.1. The number of amides is 1. The SMILES string of the molecule is CC(Sc1nc2scc(-c3cccs3)c2c(=O)n1C)C(=O)Nc1ccc(C#N)c(Cl)c1. The van der Waals surface area contributed by atoms with Gasteiger partial charge in [-0.15, -0.1) is 22.7 Å². The van der Waals surface area contributed by atoms with Crippen LogP contribution in [0.4, 0.5) is 5.69 Å². The summed E-state index contributed by atoms with van der Waals surface area (Å²) in [6.07, 6.45) is 0. The van der Waals surface area contributed by atoms with Gasteiger partial charge in [-0.3, -0.25) is 14.2 Å². The van der Waals surface area contributed by atoms with Crippen molar-refractivity contribution in [3.05, 3.63) is 62.0 Å². The second-order valence-electron chi connectivity index (χ2n) is 6.62. The Labute approximate surface area is 195 Å². The lowest BCUT2D eigenvalue weighted by Crippen LogP contribution is -2.25. The Bertz CT molecular complexity index is 1390. The number of nitriles is 1. The van der Waals surface area contributed by atoms with Crippen molar-refractivity contribution in [2.24, 2.45) is 7.05 Å². The molecule has 0 spiro atoms. The zero-order valence-corrected chi connectivity index (χ0v) is 19.6. The normalized spacial score (nSPS) is 11.9. The van der Waals surface area contributed by atoms with Crippen LogP contribution in [0, 0.1) is 11.3 Å². The van der Waals surface area contributed by atoms with Gasteiger partial charge in [0, 0.05) is 28.6 Å². The number of nitrogens with one attached hydrogen (secondary N) is 1. The highest BCUT2D eigenvalue weighted by atomic mass is 35.5. The number of anilines is 1. The fraction of sp³-hybridized carbons (Fsp3) is 0.143. The molecule has 1 unspecified atom stereocenters. The average Bonchev–Trinajstić information content (AvgIpc) is 3.41. The van der Waals surface area contributed by atoms with E-state index in [1.54, 1.807) is 37.4 Å². The summed E-state index contributed by atoms with van der Waals surface area (Å²) in [7, 11) is 1.66. The molecule has 0 aliphatic rings. The molecule has 0 aliphatic carbocycles. The Kier molecular flexibility index (Phi) is 6.16. The summed E-state index contributed by atoms with van der Waals surface area (Å²) in [5.41, 5.74) is 1.59. The Hall–Kier alpha value is -2.64. The number of halogens is 1. The molecule has 4 rings (SSSR count). The monoisotopic (exact) mass is 486 g/mol. The number of thiophene rings is 2. The molecule has 6 nitrogen and oxygen atoms in total. The van der Waals surface area contributed by atoms with Crippen molar-refractivity contribution in [1.29, 1.82) is 5.26 Å². The lowest BCUT2D eigenvalue weighted by molar-refractivity contribution is -0.115. The molecule has 0 radical (unpaired) electrons. The standard InChI is InChI=1S/C21H15ClN4O2S3/c1-11(18(27)24-13-6-5-12(9-23)15(22)8-13)31-21-25-19-17(20(28)26(21)2)14(10-30-19)16-4-3-7-29-16/h3-8,10-11H,1-2H3,(H,24,27). The first-order valence-corrected chi connectivity index (χ1v) is 12.1. The van der Waals surface area contributed by atoms with Gasteiger partial charge in [0.1, 0.15) is 10.9 Å². The van der Waals surface area contributed by atoms with Crippen LogP contribution in [0.25, 0.3) is 20.7 Å². The van der Waals surface area contributed by atoms with E-state index in [1.165, 1.54) is 33.7 Å². The van der Waals surface area contributed by atoms with E-state index in [0.717, 1.165) is 10.4 Å². The molecular weight excluding hydrogens is 472 g/mol. The largest absolute Gasteiger partial charge is 0.325 e. The quantitative estimate of drug-likeness (QED) is 0.302. The van der Waals surface area contributed by atoms with Gasteiger partial charge in [-0.1, -0.05) is 29.4 Å². The van der Waals surface area contributed by atoms with Gasteiger partial charge in [0.15, 0.2) is 5.16 Å². The number of carbonyl (C=O) groups is 1. The third kappa shape index (κ3) is 4.25. The molecule has 3 heterocycles. The van der Waals surface area contributed by atoms with Crippen molar-refractivity contribution in [2.75, 3.05) is 5.32 Å². The molecule has 4 aromatic rings. The van der Waals surface area contributed by atoms with Gasteiger partial charge in [0.2, 0.25) is 5.91 Å². The number of hydrogen-bond acceptors (Lipinski definition) is 7. The van der Waals surface area contributed by atoms with Crippen molar-refractivity contribution in [3.63, 3.8) is 0 Å². The fourth-order valence-electron chi connectivity index (χ4n) is 2.91. The Balaban J connectivity index is 1.57. The minimum absolute atomic E-state index is 0.136. The zero-order valence-electron chi connectivity index (χ0n) is 16.4. The van der Waals surface area contributed by atoms with E-state index >= 15 is 0 Å². The van der Waals surface area contributed by atoms with E-state index in [-0.39, 0.29) is 16.5 Å². The second kappa shape index (κ2) is 8.85. The molecule has 3 aromatic heterocycles. The van der Waals surface area contributed by atoms with Crippen LogP contribution in [0.2, 0.25) is 5.02 Å². The smallest absolute Gasteiger partial charge is 0.263 e. The molecule has 1 aromatic carbocycles. The summed E-state index contributed by atoms with van der Waals surface area (Å²) < 4.78 is 1.49. The highest BCUT2D eigenvalue weighted by Gasteiger charge is 2.21. The van der Waals surface area contributed by atoms with Crippen molar-refractivity contribution in [1.82, 2.24) is 9.55 Å². The fourth-order valence-corrected chi connectivity index (χ4v) is 5.81. The first-order chi connectivity index (χ1) is 14.9. The minimum atomic E-state index is -0.512. The molecule has 1 N–H and O–H groups in total. The topological polar surface area (TPSA) is 87.8 Å². The number of carbonyl (C=O) groups excluding carboxylic acids is 1. The molecule has 0 bridgehead atoms. The highest BCUT2D eigenvalue weighted by molar-refractivity contribution is 8.00. The van der Waals surface area contributed by atoms with E-state index in [9.17, 15) is 9.59 Å². The molecule has 1 atom stereocenters. The van der Waals surface area contributed by atoms with Crippen LogP contribution in [0.1, 0.15) is 12.5 Å². The van der Waals surface area contributed by atoms with Crippen LogP contribution >= 0.6 is 46.0 Å². The van der Waals surface area contributed by atoms with Gasteiger partial charge < -0.3 is 5.32 Å². The molecule has 0 aliphatic heterocycles. The van der Waals surface area contributed by atoms with Crippen LogP contribution in [-0.4, -0.2) is 20.7 Å². The molecule has 1 amide bonds. The maximum atomic E-state index is 13.0. The van der Waals surface area contributed by atoms with Crippen LogP contribution in [0.3, 0.4) is 0 Å². The third-order valence-corrected chi connectivity index (χ3v) is 7.80. The number of thioether (sulfide) groups is 1. The zero-order chi connectivity index (χ0) is 22.1. The summed E-state index contributed by atoms with van der Waals surface area (Å²) in [4.78, 5) is 32.0. The van der Waals surface area contributed by atoms with E-state index in [2.05, 4.69) is 10.3 Å². The predicted octanol–water partition coefficient (Wildman–Crippen LogP) is 5.37. The average molecular weight is 487 g/mol. The van der Waals surface area contributed by atoms with Gasteiger partial charge in [-0.2, -0.15) is 5.26 Å². The van der Waals surface area contributed by atoms with E-state index in [0.29, 0.717) is 26.6 Å². The van der Waals surface area contributed by atoms with E-state index < -0.39 is 5.25 Å². The van der Waals surface area contributed by atoms with Crippen LogP contribution < -0.4 is 10.9 Å². The van der Waals surface area contributed by atoms with E-state index in [4.69, 9.17) is 16.9 Å². The Morgan fingerprint density at radius 2 is 2.16 bits per heavy atom. The van der Waals surface area contributed by atoms with Crippen LogP contribution in [-0.2, 0) is 11.8 Å². The third-order valence-electron chi connectivity index (χ3n) is 4.57. The first kappa shape index (κ1) is 21.6. The van der Waals surface area contributed by atoms with Gasteiger partial charge in [-0.25, -0.2) is 4.98 Å². The van der Waals surface area contributed by atoms with Gasteiger partial charge in [0.25, 0.3) is 5.56 Å². The molecular formula is C21H15ClN4O2S3. The number of benzene rings is 1. The molecule has 0 fully saturated rings. The maximum Gasteiger partial charge on any atom is 0.263 e. The Morgan fingerprint density at radius 3 is 2.84 bits per heavy atom. The van der Waals surface area contributed by atoms with E-state index in [1.807, 2.05) is 29.0 Å². The lowest BCUT2D eigenvalue weighted by Gasteiger charge is -2.14. The van der Waals surface area contributed by atoms with Crippen molar-refractivity contribution in [3.8, 4) is 16.5 Å². The van der Waals surface area contributed by atoms with Crippen molar-refractivity contribution < 1.29 is 4.79 Å². The van der Waals surface area contributed by atoms with Crippen LogP contribution in [0.5, 0.6) is 0 Å².